The highest BCUT2D eigenvalue weighted by atomic mass is 16.1. The van der Waals surface area contributed by atoms with E-state index in [4.69, 9.17) is 0 Å². The van der Waals surface area contributed by atoms with Gasteiger partial charge in [0.05, 0.1) is 5.56 Å². The lowest BCUT2D eigenvalue weighted by Gasteiger charge is -2.33. The van der Waals surface area contributed by atoms with Crippen molar-refractivity contribution in [3.05, 3.63) is 77.1 Å². The Kier molecular flexibility index (Phi) is 8.21. The van der Waals surface area contributed by atoms with Gasteiger partial charge in [0.15, 0.2) is 0 Å². The molecule has 1 fully saturated rings. The number of nitrogens with zero attached hydrogens (tertiary/aromatic N) is 3. The minimum absolute atomic E-state index is 0.0815. The number of hydrogen-bond donors (Lipinski definition) is 3. The standard InChI is InChI=1S/C27H32N6O.C2H6/c1-27(2)18-28-17-20-15-21(7-8-23(20)27)32-26(34)22-6-5-10-30-25(22)31-16-19-9-11-29-24(14-19)33-12-3-4-13-33;1-2/h5-11,14-15,28H,3-4,12-13,16-18H2,1-2H3,(H,30,31)(H,32,34);1-2H3. The first-order valence-corrected chi connectivity index (χ1v) is 13.0. The van der Waals surface area contributed by atoms with Crippen LogP contribution in [0.4, 0.5) is 17.3 Å². The molecule has 36 heavy (non-hydrogen) atoms. The fraction of sp³-hybridized carbons (Fsp3) is 0.414. The van der Waals surface area contributed by atoms with Gasteiger partial charge >= 0.3 is 0 Å². The van der Waals surface area contributed by atoms with Crippen LogP contribution >= 0.6 is 0 Å². The smallest absolute Gasteiger partial charge is 0.259 e. The van der Waals surface area contributed by atoms with Gasteiger partial charge in [-0.2, -0.15) is 0 Å². The van der Waals surface area contributed by atoms with Crippen molar-refractivity contribution in [2.45, 2.75) is 59.0 Å². The molecule has 4 heterocycles. The largest absolute Gasteiger partial charge is 0.365 e. The van der Waals surface area contributed by atoms with Crippen molar-refractivity contribution in [3.8, 4) is 0 Å². The average Bonchev–Trinajstić information content (AvgIpc) is 3.44. The van der Waals surface area contributed by atoms with Gasteiger partial charge in [-0.15, -0.1) is 0 Å². The second kappa shape index (κ2) is 11.5. The molecule has 1 saturated heterocycles. The van der Waals surface area contributed by atoms with Gasteiger partial charge in [0.25, 0.3) is 5.91 Å². The van der Waals surface area contributed by atoms with Gasteiger partial charge in [-0.05, 0) is 65.9 Å². The molecule has 0 bridgehead atoms. The van der Waals surface area contributed by atoms with Gasteiger partial charge in [-0.3, -0.25) is 4.79 Å². The monoisotopic (exact) mass is 486 g/mol. The van der Waals surface area contributed by atoms with Gasteiger partial charge in [0.2, 0.25) is 0 Å². The minimum atomic E-state index is -0.175. The second-order valence-electron chi connectivity index (χ2n) is 9.78. The maximum atomic E-state index is 13.1. The molecule has 0 spiro atoms. The second-order valence-corrected chi connectivity index (χ2v) is 9.78. The summed E-state index contributed by atoms with van der Waals surface area (Å²) >= 11 is 0. The Morgan fingerprint density at radius 1 is 1.06 bits per heavy atom. The van der Waals surface area contributed by atoms with E-state index in [1.54, 1.807) is 18.3 Å². The van der Waals surface area contributed by atoms with Crippen LogP contribution < -0.4 is 20.9 Å². The Balaban J connectivity index is 0.00000148. The van der Waals surface area contributed by atoms with E-state index in [0.717, 1.165) is 43.2 Å². The predicted molar refractivity (Wildman–Crippen MR) is 148 cm³/mol. The number of rotatable bonds is 6. The number of carbonyl (C=O) groups excluding carboxylic acids is 1. The van der Waals surface area contributed by atoms with E-state index in [1.165, 1.54) is 24.0 Å². The number of benzene rings is 1. The molecule has 0 radical (unpaired) electrons. The van der Waals surface area contributed by atoms with Crippen LogP contribution in [0.15, 0.2) is 54.9 Å². The molecule has 3 aromatic rings. The summed E-state index contributed by atoms with van der Waals surface area (Å²) in [6.07, 6.45) is 5.99. The van der Waals surface area contributed by atoms with Crippen molar-refractivity contribution < 1.29 is 4.79 Å². The first-order valence-electron chi connectivity index (χ1n) is 13.0. The van der Waals surface area contributed by atoms with Crippen molar-refractivity contribution in [1.82, 2.24) is 15.3 Å². The third kappa shape index (κ3) is 5.85. The third-order valence-corrected chi connectivity index (χ3v) is 6.73. The van der Waals surface area contributed by atoms with E-state index < -0.39 is 0 Å². The highest BCUT2D eigenvalue weighted by molar-refractivity contribution is 6.07. The van der Waals surface area contributed by atoms with Crippen molar-refractivity contribution >= 4 is 23.2 Å². The molecule has 5 rings (SSSR count). The van der Waals surface area contributed by atoms with E-state index in [0.29, 0.717) is 17.9 Å². The van der Waals surface area contributed by atoms with Crippen molar-refractivity contribution in [2.75, 3.05) is 35.2 Å². The van der Waals surface area contributed by atoms with E-state index in [-0.39, 0.29) is 11.3 Å². The maximum Gasteiger partial charge on any atom is 0.259 e. The summed E-state index contributed by atoms with van der Waals surface area (Å²) < 4.78 is 0. The Bertz CT molecular complexity index is 1190. The third-order valence-electron chi connectivity index (χ3n) is 6.73. The molecule has 190 valence electrons. The van der Waals surface area contributed by atoms with Crippen LogP contribution in [0.2, 0.25) is 0 Å². The zero-order valence-corrected chi connectivity index (χ0v) is 21.9. The molecular formula is C29H38N6O. The highest BCUT2D eigenvalue weighted by Crippen LogP contribution is 2.31. The summed E-state index contributed by atoms with van der Waals surface area (Å²) in [4.78, 5) is 24.4. The van der Waals surface area contributed by atoms with Crippen LogP contribution in [-0.4, -0.2) is 35.5 Å². The summed E-state index contributed by atoms with van der Waals surface area (Å²) in [6, 6.07) is 13.9. The Morgan fingerprint density at radius 2 is 1.86 bits per heavy atom. The van der Waals surface area contributed by atoms with E-state index in [1.807, 2.05) is 32.2 Å². The van der Waals surface area contributed by atoms with Crippen LogP contribution in [-0.2, 0) is 18.5 Å². The van der Waals surface area contributed by atoms with Crippen molar-refractivity contribution in [2.24, 2.45) is 0 Å². The van der Waals surface area contributed by atoms with Crippen LogP contribution in [0.25, 0.3) is 0 Å². The summed E-state index contributed by atoms with van der Waals surface area (Å²) in [5, 5.41) is 9.87. The summed E-state index contributed by atoms with van der Waals surface area (Å²) in [6.45, 7) is 12.9. The molecule has 0 saturated carbocycles. The lowest BCUT2D eigenvalue weighted by molar-refractivity contribution is 0.102. The van der Waals surface area contributed by atoms with E-state index in [2.05, 4.69) is 62.9 Å². The number of aromatic nitrogens is 2. The molecule has 0 unspecified atom stereocenters. The molecule has 1 amide bonds. The number of fused-ring (bicyclic) bond motifs is 1. The van der Waals surface area contributed by atoms with Crippen molar-refractivity contribution in [1.29, 1.82) is 0 Å². The number of anilines is 3. The summed E-state index contributed by atoms with van der Waals surface area (Å²) in [7, 11) is 0. The van der Waals surface area contributed by atoms with Gasteiger partial charge in [-0.25, -0.2) is 9.97 Å². The quantitative estimate of drug-likeness (QED) is 0.436. The lowest BCUT2D eigenvalue weighted by Crippen LogP contribution is -2.38. The molecule has 0 aliphatic carbocycles. The molecule has 3 N–H and O–H groups in total. The average molecular weight is 487 g/mol. The molecular weight excluding hydrogens is 448 g/mol. The fourth-order valence-corrected chi connectivity index (χ4v) is 4.89. The first-order chi connectivity index (χ1) is 17.5. The predicted octanol–water partition coefficient (Wildman–Crippen LogP) is 5.35. The Morgan fingerprint density at radius 3 is 2.67 bits per heavy atom. The normalized spacial score (nSPS) is 15.9. The fourth-order valence-electron chi connectivity index (χ4n) is 4.89. The van der Waals surface area contributed by atoms with Crippen LogP contribution in [0, 0.1) is 0 Å². The molecule has 0 atom stereocenters. The first kappa shape index (κ1) is 25.6. The topological polar surface area (TPSA) is 82.2 Å². The Labute approximate surface area is 214 Å². The Hall–Kier alpha value is -3.45. The summed E-state index contributed by atoms with van der Waals surface area (Å²) in [5.41, 5.74) is 5.07. The van der Waals surface area contributed by atoms with Gasteiger partial charge in [0.1, 0.15) is 11.6 Å². The van der Waals surface area contributed by atoms with E-state index in [9.17, 15) is 4.79 Å². The van der Waals surface area contributed by atoms with Crippen LogP contribution in [0.3, 0.4) is 0 Å². The number of pyridine rings is 2. The highest BCUT2D eigenvalue weighted by Gasteiger charge is 2.27. The zero-order chi connectivity index (χ0) is 25.5. The molecule has 7 heteroatoms. The zero-order valence-electron chi connectivity index (χ0n) is 21.9. The number of carbonyl (C=O) groups is 1. The van der Waals surface area contributed by atoms with Crippen molar-refractivity contribution in [3.63, 3.8) is 0 Å². The molecule has 2 aromatic heterocycles. The van der Waals surface area contributed by atoms with Gasteiger partial charge in [-0.1, -0.05) is 33.8 Å². The maximum absolute atomic E-state index is 13.1. The van der Waals surface area contributed by atoms with Crippen LogP contribution in [0.5, 0.6) is 0 Å². The lowest BCUT2D eigenvalue weighted by atomic mass is 9.79. The van der Waals surface area contributed by atoms with Gasteiger partial charge < -0.3 is 20.9 Å². The van der Waals surface area contributed by atoms with Gasteiger partial charge in [0, 0.05) is 56.2 Å². The van der Waals surface area contributed by atoms with E-state index >= 15 is 0 Å². The molecule has 2 aliphatic heterocycles. The molecule has 2 aliphatic rings. The minimum Gasteiger partial charge on any atom is -0.365 e. The number of hydrogen-bond acceptors (Lipinski definition) is 6. The summed E-state index contributed by atoms with van der Waals surface area (Å²) in [5.74, 6) is 1.41. The SMILES string of the molecule is CC.CC1(C)CNCc2cc(NC(=O)c3cccnc3NCc3ccnc(N4CCCC4)c3)ccc21. The molecule has 7 nitrogen and oxygen atoms in total. The molecule has 1 aromatic carbocycles. The number of amides is 1. The number of nitrogens with one attached hydrogen (secondary N) is 3. The van der Waals surface area contributed by atoms with Crippen LogP contribution in [0.1, 0.15) is 67.6 Å².